The zero-order valence-corrected chi connectivity index (χ0v) is 13.7. The number of benzene rings is 1. The molecule has 2 rings (SSSR count). The Labute approximate surface area is 132 Å². The summed E-state index contributed by atoms with van der Waals surface area (Å²) in [5.41, 5.74) is 6.51. The number of carbonyl (C=O) groups excluding carboxylic acids is 1. The number of rotatable bonds is 7. The Morgan fingerprint density at radius 1 is 1.38 bits per heavy atom. The first-order chi connectivity index (χ1) is 10.0. The van der Waals surface area contributed by atoms with Gasteiger partial charge in [0.05, 0.1) is 5.41 Å². The van der Waals surface area contributed by atoms with Gasteiger partial charge >= 0.3 is 0 Å². The molecule has 116 valence electrons. The molecule has 4 heteroatoms. The van der Waals surface area contributed by atoms with Crippen molar-refractivity contribution in [3.63, 3.8) is 0 Å². The fraction of sp³-hybridized carbons (Fsp3) is 0.588. The lowest BCUT2D eigenvalue weighted by atomic mass is 9.58. The minimum atomic E-state index is -0.396. The van der Waals surface area contributed by atoms with E-state index in [4.69, 9.17) is 17.3 Å². The molecule has 1 aromatic carbocycles. The quantitative estimate of drug-likeness (QED) is 0.839. The van der Waals surface area contributed by atoms with Crippen molar-refractivity contribution in [1.82, 2.24) is 4.90 Å². The Morgan fingerprint density at radius 2 is 2.05 bits per heavy atom. The number of hydrogen-bond donors (Lipinski definition) is 1. The van der Waals surface area contributed by atoms with E-state index in [9.17, 15) is 4.79 Å². The zero-order valence-electron chi connectivity index (χ0n) is 12.9. The van der Waals surface area contributed by atoms with E-state index >= 15 is 0 Å². The van der Waals surface area contributed by atoms with Gasteiger partial charge in [0.15, 0.2) is 0 Å². The predicted molar refractivity (Wildman–Crippen MR) is 87.5 cm³/mol. The summed E-state index contributed by atoms with van der Waals surface area (Å²) in [6.07, 6.45) is 2.86. The molecule has 1 aromatic rings. The molecule has 1 atom stereocenters. The van der Waals surface area contributed by atoms with Crippen LogP contribution in [-0.4, -0.2) is 30.4 Å². The summed E-state index contributed by atoms with van der Waals surface area (Å²) in [6.45, 7) is 7.10. The molecule has 1 saturated carbocycles. The summed E-state index contributed by atoms with van der Waals surface area (Å²) in [6, 6.07) is 7.89. The number of nitrogens with two attached hydrogens (primary N) is 1. The van der Waals surface area contributed by atoms with Crippen LogP contribution in [0.2, 0.25) is 5.02 Å². The third-order valence-corrected chi connectivity index (χ3v) is 5.22. The van der Waals surface area contributed by atoms with Crippen LogP contribution in [0.5, 0.6) is 0 Å². The second-order valence-electron chi connectivity index (χ2n) is 5.97. The first kappa shape index (κ1) is 16.3. The Bertz CT molecular complexity index is 495. The SMILES string of the molecule is CCN(CC)CC(c1cccc(Cl)c1)C1(C(N)=O)CCC1. The van der Waals surface area contributed by atoms with Crippen LogP contribution < -0.4 is 5.73 Å². The van der Waals surface area contributed by atoms with Gasteiger partial charge in [-0.15, -0.1) is 0 Å². The topological polar surface area (TPSA) is 46.3 Å². The summed E-state index contributed by atoms with van der Waals surface area (Å²) in [5.74, 6) is -0.0340. The number of hydrogen-bond acceptors (Lipinski definition) is 2. The molecule has 3 nitrogen and oxygen atoms in total. The zero-order chi connectivity index (χ0) is 15.5. The number of halogens is 1. The summed E-state index contributed by atoms with van der Waals surface area (Å²) < 4.78 is 0. The van der Waals surface area contributed by atoms with Crippen molar-refractivity contribution in [1.29, 1.82) is 0 Å². The largest absolute Gasteiger partial charge is 0.369 e. The van der Waals surface area contributed by atoms with E-state index in [1.54, 1.807) is 0 Å². The van der Waals surface area contributed by atoms with Crippen molar-refractivity contribution in [3.8, 4) is 0 Å². The van der Waals surface area contributed by atoms with Crippen molar-refractivity contribution in [2.24, 2.45) is 11.1 Å². The van der Waals surface area contributed by atoms with E-state index in [0.717, 1.165) is 49.5 Å². The Morgan fingerprint density at radius 3 is 2.48 bits per heavy atom. The molecule has 1 amide bonds. The highest BCUT2D eigenvalue weighted by atomic mass is 35.5. The average Bonchev–Trinajstić information content (AvgIpc) is 2.41. The maximum absolute atomic E-state index is 12.1. The van der Waals surface area contributed by atoms with Gasteiger partial charge in [-0.05, 0) is 43.6 Å². The maximum atomic E-state index is 12.1. The van der Waals surface area contributed by atoms with Crippen molar-refractivity contribution in [3.05, 3.63) is 34.9 Å². The molecule has 2 N–H and O–H groups in total. The van der Waals surface area contributed by atoms with Crippen LogP contribution in [0.25, 0.3) is 0 Å². The lowest BCUT2D eigenvalue weighted by Crippen LogP contribution is -2.50. The van der Waals surface area contributed by atoms with Crippen molar-refractivity contribution < 1.29 is 4.79 Å². The van der Waals surface area contributed by atoms with E-state index in [1.165, 1.54) is 0 Å². The second kappa shape index (κ2) is 6.80. The molecule has 1 unspecified atom stereocenters. The Kier molecular flexibility index (Phi) is 5.28. The van der Waals surface area contributed by atoms with Crippen LogP contribution >= 0.6 is 11.6 Å². The molecule has 1 fully saturated rings. The Hall–Kier alpha value is -1.06. The lowest BCUT2D eigenvalue weighted by molar-refractivity contribution is -0.135. The molecule has 0 bridgehead atoms. The maximum Gasteiger partial charge on any atom is 0.224 e. The molecule has 0 heterocycles. The van der Waals surface area contributed by atoms with Crippen LogP contribution in [-0.2, 0) is 4.79 Å². The second-order valence-corrected chi connectivity index (χ2v) is 6.40. The first-order valence-corrected chi connectivity index (χ1v) is 8.19. The normalized spacial score (nSPS) is 18.3. The molecule has 1 aliphatic rings. The highest BCUT2D eigenvalue weighted by Gasteiger charge is 2.49. The number of carbonyl (C=O) groups is 1. The summed E-state index contributed by atoms with van der Waals surface area (Å²) in [7, 11) is 0. The number of likely N-dealkylation sites (N-methyl/N-ethyl adjacent to an activating group) is 1. The minimum absolute atomic E-state index is 0.127. The summed E-state index contributed by atoms with van der Waals surface area (Å²) >= 11 is 6.15. The lowest BCUT2D eigenvalue weighted by Gasteiger charge is -2.47. The minimum Gasteiger partial charge on any atom is -0.369 e. The predicted octanol–water partition coefficient (Wildman–Crippen LogP) is 3.42. The molecule has 0 aliphatic heterocycles. The molecule has 1 aliphatic carbocycles. The number of nitrogens with zero attached hydrogens (tertiary/aromatic N) is 1. The van der Waals surface area contributed by atoms with E-state index in [-0.39, 0.29) is 11.8 Å². The van der Waals surface area contributed by atoms with Gasteiger partial charge in [-0.3, -0.25) is 4.79 Å². The van der Waals surface area contributed by atoms with Crippen molar-refractivity contribution in [2.75, 3.05) is 19.6 Å². The van der Waals surface area contributed by atoms with E-state index in [1.807, 2.05) is 18.2 Å². The monoisotopic (exact) mass is 308 g/mol. The third kappa shape index (κ3) is 3.24. The van der Waals surface area contributed by atoms with Gasteiger partial charge in [0.2, 0.25) is 5.91 Å². The van der Waals surface area contributed by atoms with Crippen LogP contribution in [0.1, 0.15) is 44.6 Å². The molecule has 21 heavy (non-hydrogen) atoms. The molecule has 0 radical (unpaired) electrons. The van der Waals surface area contributed by atoms with Gasteiger partial charge < -0.3 is 10.6 Å². The number of amides is 1. The van der Waals surface area contributed by atoms with Crippen LogP contribution in [0.3, 0.4) is 0 Å². The first-order valence-electron chi connectivity index (χ1n) is 7.81. The van der Waals surface area contributed by atoms with Crippen LogP contribution in [0.4, 0.5) is 0 Å². The smallest absolute Gasteiger partial charge is 0.224 e. The fourth-order valence-corrected chi connectivity index (χ4v) is 3.59. The van der Waals surface area contributed by atoms with Gasteiger partial charge in [-0.25, -0.2) is 0 Å². The fourth-order valence-electron chi connectivity index (χ4n) is 3.39. The Balaban J connectivity index is 2.36. The van der Waals surface area contributed by atoms with Gasteiger partial charge in [-0.2, -0.15) is 0 Å². The molecule has 0 saturated heterocycles. The van der Waals surface area contributed by atoms with E-state index in [0.29, 0.717) is 0 Å². The van der Waals surface area contributed by atoms with Gasteiger partial charge in [0, 0.05) is 17.5 Å². The average molecular weight is 309 g/mol. The standard InChI is InChI=1S/C17H25ClN2O/c1-3-20(4-2)12-15(13-7-5-8-14(18)11-13)17(16(19)21)9-6-10-17/h5,7-8,11,15H,3-4,6,9-10,12H2,1-2H3,(H2,19,21). The molecular weight excluding hydrogens is 284 g/mol. The highest BCUT2D eigenvalue weighted by Crippen LogP contribution is 2.51. The highest BCUT2D eigenvalue weighted by molar-refractivity contribution is 6.30. The molecule has 0 spiro atoms. The van der Waals surface area contributed by atoms with Crippen LogP contribution in [0, 0.1) is 5.41 Å². The summed E-state index contributed by atoms with van der Waals surface area (Å²) in [5, 5.41) is 0.719. The third-order valence-electron chi connectivity index (χ3n) is 4.99. The van der Waals surface area contributed by atoms with Gasteiger partial charge in [0.1, 0.15) is 0 Å². The van der Waals surface area contributed by atoms with E-state index < -0.39 is 5.41 Å². The van der Waals surface area contributed by atoms with Crippen LogP contribution in [0.15, 0.2) is 24.3 Å². The molecule has 0 aromatic heterocycles. The van der Waals surface area contributed by atoms with Crippen molar-refractivity contribution >= 4 is 17.5 Å². The molecular formula is C17H25ClN2O. The van der Waals surface area contributed by atoms with Crippen molar-refractivity contribution in [2.45, 2.75) is 39.0 Å². The number of primary amides is 1. The van der Waals surface area contributed by atoms with Gasteiger partial charge in [0.25, 0.3) is 0 Å². The van der Waals surface area contributed by atoms with E-state index in [2.05, 4.69) is 24.8 Å². The summed E-state index contributed by atoms with van der Waals surface area (Å²) in [4.78, 5) is 14.5. The van der Waals surface area contributed by atoms with Gasteiger partial charge in [-0.1, -0.05) is 44.0 Å².